The Morgan fingerprint density at radius 2 is 1.82 bits per heavy atom. The standard InChI is InChI=1S/C18H29ClO2Si/c1-7-16(21-17-12-10-15(19)11-13-17)9-8-14-20-22(5,6)18(2,3)4/h7,10-13,16H,1,8-9,14H2,2-6H3/t16-/m0/s1. The molecule has 0 unspecified atom stereocenters. The Labute approximate surface area is 141 Å². The largest absolute Gasteiger partial charge is 0.486 e. The minimum absolute atomic E-state index is 0.00388. The molecule has 1 atom stereocenters. The molecule has 124 valence electrons. The molecular weight excluding hydrogens is 312 g/mol. The van der Waals surface area contributed by atoms with E-state index in [1.165, 1.54) is 0 Å². The van der Waals surface area contributed by atoms with E-state index in [1.807, 2.05) is 30.3 Å². The molecule has 4 heteroatoms. The Kier molecular flexibility index (Phi) is 7.17. The minimum Gasteiger partial charge on any atom is -0.486 e. The Balaban J connectivity index is 2.39. The van der Waals surface area contributed by atoms with E-state index in [9.17, 15) is 0 Å². The van der Waals surface area contributed by atoms with Gasteiger partial charge in [-0.3, -0.25) is 0 Å². The number of hydrogen-bond donors (Lipinski definition) is 0. The predicted molar refractivity (Wildman–Crippen MR) is 98.4 cm³/mol. The summed E-state index contributed by atoms with van der Waals surface area (Å²) >= 11 is 5.88. The first kappa shape index (κ1) is 19.3. The zero-order chi connectivity index (χ0) is 16.8. The average Bonchev–Trinajstić information content (AvgIpc) is 2.43. The van der Waals surface area contributed by atoms with Gasteiger partial charge >= 0.3 is 0 Å². The van der Waals surface area contributed by atoms with Gasteiger partial charge in [-0.15, -0.1) is 0 Å². The van der Waals surface area contributed by atoms with Crippen LogP contribution < -0.4 is 4.74 Å². The van der Waals surface area contributed by atoms with Crippen LogP contribution in [-0.2, 0) is 4.43 Å². The van der Waals surface area contributed by atoms with Gasteiger partial charge in [0.15, 0.2) is 8.32 Å². The van der Waals surface area contributed by atoms with E-state index in [-0.39, 0.29) is 11.1 Å². The van der Waals surface area contributed by atoms with Gasteiger partial charge in [0.2, 0.25) is 0 Å². The van der Waals surface area contributed by atoms with Gasteiger partial charge in [-0.2, -0.15) is 0 Å². The maximum absolute atomic E-state index is 6.19. The van der Waals surface area contributed by atoms with Crippen molar-refractivity contribution in [2.75, 3.05) is 6.61 Å². The molecule has 0 bridgehead atoms. The highest BCUT2D eigenvalue weighted by Gasteiger charge is 2.36. The van der Waals surface area contributed by atoms with Crippen molar-refractivity contribution in [3.05, 3.63) is 41.9 Å². The number of benzene rings is 1. The SMILES string of the molecule is C=C[C@@H](CCCO[Si](C)(C)C(C)(C)C)Oc1ccc(Cl)cc1. The zero-order valence-corrected chi connectivity index (χ0v) is 16.2. The summed E-state index contributed by atoms with van der Waals surface area (Å²) in [5.74, 6) is 0.819. The van der Waals surface area contributed by atoms with Crippen LogP contribution in [0.15, 0.2) is 36.9 Å². The van der Waals surface area contributed by atoms with Crippen LogP contribution in [0.3, 0.4) is 0 Å². The maximum atomic E-state index is 6.19. The third-order valence-corrected chi connectivity index (χ3v) is 9.06. The fourth-order valence-electron chi connectivity index (χ4n) is 1.74. The van der Waals surface area contributed by atoms with Crippen molar-refractivity contribution in [1.82, 2.24) is 0 Å². The summed E-state index contributed by atoms with van der Waals surface area (Å²) in [7, 11) is -1.65. The fraction of sp³-hybridized carbons (Fsp3) is 0.556. The van der Waals surface area contributed by atoms with Crippen molar-refractivity contribution in [3.8, 4) is 5.75 Å². The van der Waals surface area contributed by atoms with Crippen LogP contribution in [0.2, 0.25) is 23.2 Å². The van der Waals surface area contributed by atoms with Crippen molar-refractivity contribution in [2.45, 2.75) is 57.8 Å². The molecule has 2 nitrogen and oxygen atoms in total. The van der Waals surface area contributed by atoms with Crippen molar-refractivity contribution >= 4 is 19.9 Å². The van der Waals surface area contributed by atoms with Gasteiger partial charge in [-0.1, -0.05) is 45.0 Å². The first-order valence-corrected chi connectivity index (χ1v) is 11.1. The van der Waals surface area contributed by atoms with E-state index in [0.717, 1.165) is 25.2 Å². The van der Waals surface area contributed by atoms with Gasteiger partial charge in [-0.25, -0.2) is 0 Å². The highest BCUT2D eigenvalue weighted by Crippen LogP contribution is 2.36. The molecule has 1 aromatic carbocycles. The molecular formula is C18H29ClO2Si. The van der Waals surface area contributed by atoms with E-state index < -0.39 is 8.32 Å². The zero-order valence-electron chi connectivity index (χ0n) is 14.5. The van der Waals surface area contributed by atoms with E-state index in [4.69, 9.17) is 20.8 Å². The van der Waals surface area contributed by atoms with Crippen molar-refractivity contribution in [1.29, 1.82) is 0 Å². The Bertz CT molecular complexity index is 463. The second-order valence-electron chi connectivity index (χ2n) is 7.10. The summed E-state index contributed by atoms with van der Waals surface area (Å²) in [5.41, 5.74) is 0. The average molecular weight is 341 g/mol. The van der Waals surface area contributed by atoms with Crippen LogP contribution in [0.1, 0.15) is 33.6 Å². The molecule has 1 rings (SSSR count). The lowest BCUT2D eigenvalue weighted by Crippen LogP contribution is -2.41. The lowest BCUT2D eigenvalue weighted by atomic mass is 10.2. The smallest absolute Gasteiger partial charge is 0.191 e. The third kappa shape index (κ3) is 6.15. The molecule has 0 radical (unpaired) electrons. The summed E-state index contributed by atoms with van der Waals surface area (Å²) in [6.07, 6.45) is 3.72. The number of halogens is 1. The van der Waals surface area contributed by atoms with Crippen molar-refractivity contribution in [3.63, 3.8) is 0 Å². The first-order valence-electron chi connectivity index (χ1n) is 7.84. The summed E-state index contributed by atoms with van der Waals surface area (Å²) in [6.45, 7) is 16.0. The summed E-state index contributed by atoms with van der Waals surface area (Å²) in [5, 5.41) is 0.968. The Hall–Kier alpha value is -0.773. The van der Waals surface area contributed by atoms with E-state index in [0.29, 0.717) is 5.02 Å². The molecule has 0 fully saturated rings. The maximum Gasteiger partial charge on any atom is 0.191 e. The Morgan fingerprint density at radius 3 is 2.32 bits per heavy atom. The Morgan fingerprint density at radius 1 is 1.23 bits per heavy atom. The quantitative estimate of drug-likeness (QED) is 0.324. The highest BCUT2D eigenvalue weighted by molar-refractivity contribution is 6.74. The molecule has 0 saturated carbocycles. The monoisotopic (exact) mass is 340 g/mol. The van der Waals surface area contributed by atoms with Crippen LogP contribution in [0, 0.1) is 0 Å². The van der Waals surface area contributed by atoms with Crippen LogP contribution in [0.25, 0.3) is 0 Å². The van der Waals surface area contributed by atoms with Crippen molar-refractivity contribution < 1.29 is 9.16 Å². The predicted octanol–water partition coefficient (Wildman–Crippen LogP) is 6.08. The molecule has 0 aliphatic heterocycles. The molecule has 0 N–H and O–H groups in total. The lowest BCUT2D eigenvalue weighted by molar-refractivity contribution is 0.211. The number of rotatable bonds is 8. The van der Waals surface area contributed by atoms with Gasteiger partial charge < -0.3 is 9.16 Å². The topological polar surface area (TPSA) is 18.5 Å². The second kappa shape index (κ2) is 8.18. The fourth-order valence-corrected chi connectivity index (χ4v) is 2.95. The van der Waals surface area contributed by atoms with E-state index in [1.54, 1.807) is 0 Å². The number of hydrogen-bond acceptors (Lipinski definition) is 2. The van der Waals surface area contributed by atoms with Crippen molar-refractivity contribution in [2.24, 2.45) is 0 Å². The van der Waals surface area contributed by atoms with Crippen LogP contribution in [-0.4, -0.2) is 21.0 Å². The van der Waals surface area contributed by atoms with E-state index in [2.05, 4.69) is 40.4 Å². The molecule has 0 saturated heterocycles. The molecule has 22 heavy (non-hydrogen) atoms. The minimum atomic E-state index is -1.65. The van der Waals surface area contributed by atoms with Crippen LogP contribution in [0.5, 0.6) is 5.75 Å². The molecule has 0 aromatic heterocycles. The molecule has 0 spiro atoms. The first-order chi connectivity index (χ1) is 10.2. The summed E-state index contributed by atoms with van der Waals surface area (Å²) < 4.78 is 12.1. The van der Waals surface area contributed by atoms with Crippen LogP contribution >= 0.6 is 11.6 Å². The normalized spacial score (nSPS) is 13.7. The van der Waals surface area contributed by atoms with Gasteiger partial charge in [0, 0.05) is 11.6 Å². The van der Waals surface area contributed by atoms with Gasteiger partial charge in [0.1, 0.15) is 11.9 Å². The van der Waals surface area contributed by atoms with Gasteiger partial charge in [0.05, 0.1) is 0 Å². The molecule has 0 aliphatic rings. The van der Waals surface area contributed by atoms with Gasteiger partial charge in [0.25, 0.3) is 0 Å². The van der Waals surface area contributed by atoms with Gasteiger partial charge in [-0.05, 0) is 55.2 Å². The van der Waals surface area contributed by atoms with Crippen LogP contribution in [0.4, 0.5) is 0 Å². The molecule has 1 aromatic rings. The summed E-state index contributed by atoms with van der Waals surface area (Å²) in [6, 6.07) is 7.42. The molecule has 0 heterocycles. The third-order valence-electron chi connectivity index (χ3n) is 4.27. The molecule has 0 aliphatic carbocycles. The lowest BCUT2D eigenvalue weighted by Gasteiger charge is -2.36. The second-order valence-corrected chi connectivity index (χ2v) is 12.3. The summed E-state index contributed by atoms with van der Waals surface area (Å²) in [4.78, 5) is 0. The number of ether oxygens (including phenoxy) is 1. The van der Waals surface area contributed by atoms with E-state index >= 15 is 0 Å². The molecule has 0 amide bonds. The highest BCUT2D eigenvalue weighted by atomic mass is 35.5.